The third-order valence-electron chi connectivity index (χ3n) is 3.67. The first-order valence-corrected chi connectivity index (χ1v) is 7.79. The molecule has 0 fully saturated rings. The van der Waals surface area contributed by atoms with Gasteiger partial charge in [-0.05, 0) is 24.3 Å². The Hall–Kier alpha value is -3.46. The number of nitrogens with zero attached hydrogens (tertiary/aromatic N) is 3. The van der Waals surface area contributed by atoms with Crippen LogP contribution in [-0.2, 0) is 4.74 Å². The molecule has 9 nitrogen and oxygen atoms in total. The van der Waals surface area contributed by atoms with Crippen LogP contribution >= 0.6 is 0 Å². The molecule has 2 heterocycles. The number of anilines is 2. The molecule has 134 valence electrons. The predicted octanol–water partition coefficient (Wildman–Crippen LogP) is 2.08. The maximum absolute atomic E-state index is 12.1. The van der Waals surface area contributed by atoms with E-state index in [0.29, 0.717) is 35.6 Å². The summed E-state index contributed by atoms with van der Waals surface area (Å²) in [7, 11) is 1.57. The van der Waals surface area contributed by atoms with E-state index in [4.69, 9.17) is 9.84 Å². The van der Waals surface area contributed by atoms with Gasteiger partial charge in [-0.2, -0.15) is 0 Å². The molecule has 2 aromatic heterocycles. The number of amides is 1. The average Bonchev–Trinajstić information content (AvgIpc) is 3.07. The Bertz CT molecular complexity index is 953. The fraction of sp³-hybridized carbons (Fsp3) is 0.176. The normalized spacial score (nSPS) is 10.7. The van der Waals surface area contributed by atoms with E-state index < -0.39 is 6.09 Å². The van der Waals surface area contributed by atoms with Gasteiger partial charge in [-0.3, -0.25) is 4.79 Å². The van der Waals surface area contributed by atoms with Crippen molar-refractivity contribution >= 4 is 34.5 Å². The molecule has 0 atom stereocenters. The van der Waals surface area contributed by atoms with Gasteiger partial charge in [-0.1, -0.05) is 6.07 Å². The summed E-state index contributed by atoms with van der Waals surface area (Å²) in [6.45, 7) is 0.853. The van der Waals surface area contributed by atoms with Crippen LogP contribution in [-0.4, -0.2) is 51.9 Å². The summed E-state index contributed by atoms with van der Waals surface area (Å²) in [6, 6.07) is 8.53. The number of carboxylic acid groups (broad SMARTS) is 1. The second-order valence-electron chi connectivity index (χ2n) is 5.38. The number of aromatic nitrogens is 3. The minimum absolute atomic E-state index is 0.212. The third-order valence-corrected chi connectivity index (χ3v) is 3.67. The van der Waals surface area contributed by atoms with E-state index in [1.807, 2.05) is 0 Å². The summed E-state index contributed by atoms with van der Waals surface area (Å²) in [5.41, 5.74) is 1.41. The zero-order valence-corrected chi connectivity index (χ0v) is 14.0. The van der Waals surface area contributed by atoms with Crippen molar-refractivity contribution in [3.05, 3.63) is 48.4 Å². The quantitative estimate of drug-likeness (QED) is 0.579. The molecule has 0 radical (unpaired) electrons. The fourth-order valence-corrected chi connectivity index (χ4v) is 2.45. The molecule has 26 heavy (non-hydrogen) atoms. The third kappa shape index (κ3) is 3.62. The molecule has 3 N–H and O–H groups in total. The molecule has 0 bridgehead atoms. The lowest BCUT2D eigenvalue weighted by atomic mass is 10.2. The summed E-state index contributed by atoms with van der Waals surface area (Å²) < 4.78 is 5.92. The first kappa shape index (κ1) is 17.4. The van der Waals surface area contributed by atoms with Crippen molar-refractivity contribution in [3.63, 3.8) is 0 Å². The molecule has 1 amide bonds. The number of carbonyl (C=O) groups is 2. The highest BCUT2D eigenvalue weighted by Crippen LogP contribution is 2.24. The highest BCUT2D eigenvalue weighted by Gasteiger charge is 2.13. The molecule has 0 aliphatic carbocycles. The van der Waals surface area contributed by atoms with E-state index >= 15 is 0 Å². The summed E-state index contributed by atoms with van der Waals surface area (Å²) in [5, 5.41) is 15.6. The predicted molar refractivity (Wildman–Crippen MR) is 94.9 cm³/mol. The number of rotatable bonds is 6. The van der Waals surface area contributed by atoms with E-state index in [9.17, 15) is 9.59 Å². The van der Waals surface area contributed by atoms with Gasteiger partial charge >= 0.3 is 6.09 Å². The standard InChI is InChI=1S/C17H17N5O4/c1-26-8-6-18-16(23)11-3-2-4-12(9-11)21-14-13-5-7-22(17(24)25)15(13)20-10-19-14/h2-5,7,9-10H,6,8H2,1H3,(H,18,23)(H,24,25)(H,19,20,21). The Balaban J connectivity index is 1.83. The molecule has 0 spiro atoms. The van der Waals surface area contributed by atoms with Gasteiger partial charge in [-0.25, -0.2) is 19.3 Å². The van der Waals surface area contributed by atoms with Gasteiger partial charge in [0.15, 0.2) is 5.65 Å². The number of carbonyl (C=O) groups excluding carboxylic acids is 1. The SMILES string of the molecule is COCCNC(=O)c1cccc(Nc2ncnc3c2ccn3C(=O)O)c1. The van der Waals surface area contributed by atoms with Crippen molar-refractivity contribution in [3.8, 4) is 0 Å². The Morgan fingerprint density at radius 2 is 2.12 bits per heavy atom. The van der Waals surface area contributed by atoms with E-state index in [2.05, 4.69) is 20.6 Å². The van der Waals surface area contributed by atoms with Gasteiger partial charge in [0.2, 0.25) is 0 Å². The van der Waals surface area contributed by atoms with Crippen LogP contribution in [0.3, 0.4) is 0 Å². The van der Waals surface area contributed by atoms with Crippen molar-refractivity contribution in [2.75, 3.05) is 25.6 Å². The summed E-state index contributed by atoms with van der Waals surface area (Å²) in [4.78, 5) is 31.5. The average molecular weight is 355 g/mol. The summed E-state index contributed by atoms with van der Waals surface area (Å²) in [5.74, 6) is 0.238. The summed E-state index contributed by atoms with van der Waals surface area (Å²) in [6.07, 6.45) is 1.57. The molecule has 1 aromatic carbocycles. The van der Waals surface area contributed by atoms with Gasteiger partial charge < -0.3 is 20.5 Å². The number of nitrogens with one attached hydrogen (secondary N) is 2. The van der Waals surface area contributed by atoms with Gasteiger partial charge in [0.25, 0.3) is 5.91 Å². The smallest absolute Gasteiger partial charge is 0.417 e. The van der Waals surface area contributed by atoms with Crippen LogP contribution in [0.15, 0.2) is 42.9 Å². The van der Waals surface area contributed by atoms with E-state index in [1.54, 1.807) is 37.4 Å². The highest BCUT2D eigenvalue weighted by atomic mass is 16.5. The monoisotopic (exact) mass is 355 g/mol. The Morgan fingerprint density at radius 1 is 1.27 bits per heavy atom. The lowest BCUT2D eigenvalue weighted by Crippen LogP contribution is -2.26. The van der Waals surface area contributed by atoms with Crippen LogP contribution in [0.25, 0.3) is 11.0 Å². The molecule has 0 saturated carbocycles. The van der Waals surface area contributed by atoms with Crippen LogP contribution in [0.1, 0.15) is 10.4 Å². The van der Waals surface area contributed by atoms with Crippen LogP contribution in [0.4, 0.5) is 16.3 Å². The van der Waals surface area contributed by atoms with Crippen LogP contribution < -0.4 is 10.6 Å². The molecule has 9 heteroatoms. The molecule has 0 saturated heterocycles. The number of hydrogen-bond donors (Lipinski definition) is 3. The zero-order chi connectivity index (χ0) is 18.5. The number of methoxy groups -OCH3 is 1. The maximum atomic E-state index is 12.1. The number of ether oxygens (including phenoxy) is 1. The molecule has 3 rings (SSSR count). The minimum Gasteiger partial charge on any atom is -0.464 e. The largest absolute Gasteiger partial charge is 0.464 e. The Labute approximate surface area is 148 Å². The van der Waals surface area contributed by atoms with Gasteiger partial charge in [0.1, 0.15) is 12.1 Å². The molecule has 0 aliphatic rings. The summed E-state index contributed by atoms with van der Waals surface area (Å²) >= 11 is 0. The van der Waals surface area contributed by atoms with Crippen molar-refractivity contribution in [2.24, 2.45) is 0 Å². The number of benzene rings is 1. The van der Waals surface area contributed by atoms with E-state index in [1.165, 1.54) is 12.5 Å². The van der Waals surface area contributed by atoms with Crippen molar-refractivity contribution in [1.29, 1.82) is 0 Å². The lowest BCUT2D eigenvalue weighted by Gasteiger charge is -2.09. The number of hydrogen-bond acceptors (Lipinski definition) is 6. The van der Waals surface area contributed by atoms with Crippen LogP contribution in [0.5, 0.6) is 0 Å². The van der Waals surface area contributed by atoms with Gasteiger partial charge in [0.05, 0.1) is 12.0 Å². The Kier molecular flexibility index (Phi) is 5.09. The minimum atomic E-state index is -1.13. The zero-order valence-electron chi connectivity index (χ0n) is 14.0. The molecule has 0 unspecified atom stereocenters. The van der Waals surface area contributed by atoms with Crippen molar-refractivity contribution in [2.45, 2.75) is 0 Å². The maximum Gasteiger partial charge on any atom is 0.417 e. The fourth-order valence-electron chi connectivity index (χ4n) is 2.45. The van der Waals surface area contributed by atoms with E-state index in [-0.39, 0.29) is 11.6 Å². The number of fused-ring (bicyclic) bond motifs is 1. The molecular formula is C17H17N5O4. The van der Waals surface area contributed by atoms with Crippen LogP contribution in [0, 0.1) is 0 Å². The van der Waals surface area contributed by atoms with Gasteiger partial charge in [0, 0.05) is 31.1 Å². The van der Waals surface area contributed by atoms with Crippen molar-refractivity contribution < 1.29 is 19.4 Å². The van der Waals surface area contributed by atoms with Crippen LogP contribution in [0.2, 0.25) is 0 Å². The second kappa shape index (κ2) is 7.62. The van der Waals surface area contributed by atoms with Gasteiger partial charge in [-0.15, -0.1) is 0 Å². The first-order chi connectivity index (χ1) is 12.6. The lowest BCUT2D eigenvalue weighted by molar-refractivity contribution is 0.0937. The first-order valence-electron chi connectivity index (χ1n) is 7.79. The molecular weight excluding hydrogens is 338 g/mol. The molecule has 3 aromatic rings. The highest BCUT2D eigenvalue weighted by molar-refractivity contribution is 5.96. The molecule has 0 aliphatic heterocycles. The second-order valence-corrected chi connectivity index (χ2v) is 5.38. The Morgan fingerprint density at radius 3 is 2.88 bits per heavy atom. The topological polar surface area (TPSA) is 118 Å². The van der Waals surface area contributed by atoms with E-state index in [0.717, 1.165) is 4.57 Å². The van der Waals surface area contributed by atoms with Crippen molar-refractivity contribution in [1.82, 2.24) is 19.9 Å².